The van der Waals surface area contributed by atoms with E-state index in [4.69, 9.17) is 0 Å². The highest BCUT2D eigenvalue weighted by Gasteiger charge is 2.40. The van der Waals surface area contributed by atoms with Gasteiger partial charge in [-0.05, 0) is 30.6 Å². The average Bonchev–Trinajstić information content (AvgIpc) is 2.63. The summed E-state index contributed by atoms with van der Waals surface area (Å²) < 4.78 is 0. The van der Waals surface area contributed by atoms with Crippen molar-refractivity contribution in [2.45, 2.75) is 96.4 Å². The zero-order valence-electron chi connectivity index (χ0n) is 16.7. The lowest BCUT2D eigenvalue weighted by Gasteiger charge is -2.43. The molecule has 0 aromatic heterocycles. The van der Waals surface area contributed by atoms with E-state index in [1.54, 1.807) is 0 Å². The van der Waals surface area contributed by atoms with E-state index in [9.17, 15) is 30.6 Å². The summed E-state index contributed by atoms with van der Waals surface area (Å²) >= 11 is 0. The molecule has 0 spiro atoms. The van der Waals surface area contributed by atoms with Crippen molar-refractivity contribution in [2.75, 3.05) is 19.8 Å². The second-order valence-electron chi connectivity index (χ2n) is 7.94. The van der Waals surface area contributed by atoms with Crippen LogP contribution in [0.25, 0.3) is 0 Å². The molecule has 0 aromatic carbocycles. The van der Waals surface area contributed by atoms with Crippen molar-refractivity contribution in [1.29, 1.82) is 0 Å². The van der Waals surface area contributed by atoms with E-state index in [0.29, 0.717) is 0 Å². The van der Waals surface area contributed by atoms with Crippen LogP contribution in [0.1, 0.15) is 78.1 Å². The monoisotopic (exact) mass is 378 g/mol. The van der Waals surface area contributed by atoms with Gasteiger partial charge in [0, 0.05) is 0 Å². The maximum atomic E-state index is 10.0. The van der Waals surface area contributed by atoms with Crippen molar-refractivity contribution in [1.82, 2.24) is 0 Å². The van der Waals surface area contributed by atoms with Crippen LogP contribution in [0.15, 0.2) is 0 Å². The lowest BCUT2D eigenvalue weighted by atomic mass is 9.64. The molecule has 0 saturated carbocycles. The normalized spacial score (nSPS) is 18.9. The molecule has 4 unspecified atom stereocenters. The van der Waals surface area contributed by atoms with Gasteiger partial charge in [0.2, 0.25) is 0 Å². The summed E-state index contributed by atoms with van der Waals surface area (Å²) in [5.74, 6) is 0.0669. The molecule has 158 valence electrons. The van der Waals surface area contributed by atoms with E-state index in [1.165, 1.54) is 25.7 Å². The van der Waals surface area contributed by atoms with Crippen LogP contribution < -0.4 is 0 Å². The zero-order valence-corrected chi connectivity index (χ0v) is 16.7. The first-order chi connectivity index (χ1) is 12.3. The SMILES string of the molecule is CCCCCCCCC(C)C(CC(O)CO)(CC(O)CO)CC(O)CO. The second kappa shape index (κ2) is 14.8. The number of hydrogen-bond donors (Lipinski definition) is 6. The van der Waals surface area contributed by atoms with E-state index in [-0.39, 0.29) is 25.2 Å². The molecule has 0 amide bonds. The van der Waals surface area contributed by atoms with Gasteiger partial charge in [0.05, 0.1) is 38.1 Å². The fraction of sp³-hybridized carbons (Fsp3) is 1.00. The minimum absolute atomic E-state index is 0.0669. The highest BCUT2D eigenvalue weighted by Crippen LogP contribution is 2.44. The van der Waals surface area contributed by atoms with Gasteiger partial charge < -0.3 is 30.6 Å². The number of rotatable bonds is 17. The molecule has 0 aromatic rings. The van der Waals surface area contributed by atoms with Gasteiger partial charge in [-0.3, -0.25) is 0 Å². The van der Waals surface area contributed by atoms with Crippen LogP contribution in [0.5, 0.6) is 0 Å². The van der Waals surface area contributed by atoms with Crippen LogP contribution >= 0.6 is 0 Å². The van der Waals surface area contributed by atoms with Gasteiger partial charge in [-0.15, -0.1) is 0 Å². The first kappa shape index (κ1) is 25.8. The highest BCUT2D eigenvalue weighted by molar-refractivity contribution is 4.90. The molecule has 0 aliphatic heterocycles. The molecule has 6 N–H and O–H groups in total. The Morgan fingerprint density at radius 3 is 1.42 bits per heavy atom. The van der Waals surface area contributed by atoms with Gasteiger partial charge in [-0.25, -0.2) is 0 Å². The number of aliphatic hydroxyl groups is 6. The average molecular weight is 379 g/mol. The zero-order chi connectivity index (χ0) is 20.0. The molecule has 0 radical (unpaired) electrons. The van der Waals surface area contributed by atoms with Crippen LogP contribution in [-0.4, -0.2) is 68.8 Å². The Bertz CT molecular complexity index is 294. The predicted octanol–water partition coefficient (Wildman–Crippen LogP) is 1.59. The first-order valence-corrected chi connectivity index (χ1v) is 10.2. The van der Waals surface area contributed by atoms with Crippen molar-refractivity contribution in [3.05, 3.63) is 0 Å². The molecule has 0 rings (SSSR count). The standard InChI is InChI=1S/C20H42O6/c1-3-4-5-6-7-8-9-16(2)20(10-17(24)13-21,11-18(25)14-22)12-19(26)15-23/h16-19,21-26H,3-15H2,1-2H3. The molecule has 0 bridgehead atoms. The molecule has 6 nitrogen and oxygen atoms in total. The molecular weight excluding hydrogens is 336 g/mol. The number of hydrogen-bond acceptors (Lipinski definition) is 6. The van der Waals surface area contributed by atoms with Crippen molar-refractivity contribution in [2.24, 2.45) is 11.3 Å². The number of unbranched alkanes of at least 4 members (excludes halogenated alkanes) is 5. The van der Waals surface area contributed by atoms with E-state index < -0.39 is 43.5 Å². The van der Waals surface area contributed by atoms with Crippen molar-refractivity contribution < 1.29 is 30.6 Å². The molecule has 26 heavy (non-hydrogen) atoms. The third-order valence-electron chi connectivity index (χ3n) is 5.59. The topological polar surface area (TPSA) is 121 Å². The highest BCUT2D eigenvalue weighted by atomic mass is 16.3. The fourth-order valence-corrected chi connectivity index (χ4v) is 3.99. The van der Waals surface area contributed by atoms with Gasteiger partial charge in [-0.2, -0.15) is 0 Å². The van der Waals surface area contributed by atoms with Gasteiger partial charge >= 0.3 is 0 Å². The Morgan fingerprint density at radius 1 is 0.654 bits per heavy atom. The summed E-state index contributed by atoms with van der Waals surface area (Å²) in [6, 6.07) is 0. The Morgan fingerprint density at radius 2 is 1.04 bits per heavy atom. The minimum Gasteiger partial charge on any atom is -0.394 e. The van der Waals surface area contributed by atoms with Crippen LogP contribution in [-0.2, 0) is 0 Å². The van der Waals surface area contributed by atoms with Crippen LogP contribution in [0.4, 0.5) is 0 Å². The lowest BCUT2D eigenvalue weighted by molar-refractivity contribution is -0.0537. The summed E-state index contributed by atoms with van der Waals surface area (Å²) in [5, 5.41) is 58.0. The second-order valence-corrected chi connectivity index (χ2v) is 7.94. The summed E-state index contributed by atoms with van der Waals surface area (Å²) in [6.07, 6.45) is 5.65. The van der Waals surface area contributed by atoms with Crippen LogP contribution in [0, 0.1) is 11.3 Å². The van der Waals surface area contributed by atoms with Crippen molar-refractivity contribution in [3.63, 3.8) is 0 Å². The first-order valence-electron chi connectivity index (χ1n) is 10.2. The van der Waals surface area contributed by atoms with Gasteiger partial charge in [0.1, 0.15) is 0 Å². The number of aliphatic hydroxyl groups excluding tert-OH is 6. The quantitative estimate of drug-likeness (QED) is 0.214. The van der Waals surface area contributed by atoms with Crippen molar-refractivity contribution in [3.8, 4) is 0 Å². The summed E-state index contributed by atoms with van der Waals surface area (Å²) in [4.78, 5) is 0. The van der Waals surface area contributed by atoms with E-state index in [1.807, 2.05) is 6.92 Å². The fourth-order valence-electron chi connectivity index (χ4n) is 3.99. The third kappa shape index (κ3) is 10.2. The molecule has 4 atom stereocenters. The summed E-state index contributed by atoms with van der Waals surface area (Å²) in [5.41, 5.74) is -0.657. The van der Waals surface area contributed by atoms with E-state index in [0.717, 1.165) is 19.3 Å². The van der Waals surface area contributed by atoms with Gasteiger partial charge in [0.25, 0.3) is 0 Å². The van der Waals surface area contributed by atoms with Crippen molar-refractivity contribution >= 4 is 0 Å². The molecule has 0 aliphatic rings. The summed E-state index contributed by atoms with van der Waals surface area (Å²) in [6.45, 7) is 3.04. The van der Waals surface area contributed by atoms with E-state index in [2.05, 4.69) is 6.92 Å². The Labute approximate surface area is 158 Å². The lowest BCUT2D eigenvalue weighted by Crippen LogP contribution is -2.41. The largest absolute Gasteiger partial charge is 0.394 e. The maximum absolute atomic E-state index is 10.0. The summed E-state index contributed by atoms with van der Waals surface area (Å²) in [7, 11) is 0. The third-order valence-corrected chi connectivity index (χ3v) is 5.59. The molecule has 0 heterocycles. The smallest absolute Gasteiger partial charge is 0.0776 e. The molecule has 0 fully saturated rings. The Kier molecular flexibility index (Phi) is 14.6. The predicted molar refractivity (Wildman–Crippen MR) is 103 cm³/mol. The van der Waals surface area contributed by atoms with Gasteiger partial charge in [-0.1, -0.05) is 58.8 Å². The van der Waals surface area contributed by atoms with E-state index >= 15 is 0 Å². The van der Waals surface area contributed by atoms with Crippen LogP contribution in [0.3, 0.4) is 0 Å². The van der Waals surface area contributed by atoms with Crippen LogP contribution in [0.2, 0.25) is 0 Å². The maximum Gasteiger partial charge on any atom is 0.0776 e. The Balaban J connectivity index is 5.07. The Hall–Kier alpha value is -0.240. The molecule has 6 heteroatoms. The molecule has 0 aliphatic carbocycles. The molecule has 0 saturated heterocycles. The minimum atomic E-state index is -0.959. The van der Waals surface area contributed by atoms with Gasteiger partial charge in [0.15, 0.2) is 0 Å². The molecular formula is C20H42O6.